The molecule has 206 valence electrons. The molecule has 0 spiro atoms. The van der Waals surface area contributed by atoms with Crippen molar-refractivity contribution in [2.45, 2.75) is 58.1 Å². The average Bonchev–Trinajstić information content (AvgIpc) is 2.88. The minimum absolute atomic E-state index is 0.00965. The van der Waals surface area contributed by atoms with Gasteiger partial charge in [-0.05, 0) is 70.4 Å². The number of sulfone groups is 1. The summed E-state index contributed by atoms with van der Waals surface area (Å²) in [5.74, 6) is -0.336. The second-order valence-corrected chi connectivity index (χ2v) is 9.85. The monoisotopic (exact) mass is 536 g/mol. The lowest BCUT2D eigenvalue weighted by atomic mass is 10.2. The number of esters is 1. The zero-order valence-electron chi connectivity index (χ0n) is 22.3. The average molecular weight is 537 g/mol. The highest BCUT2D eigenvalue weighted by Crippen LogP contribution is 2.21. The minimum Gasteiger partial charge on any atom is -0.462 e. The molecule has 0 bridgehead atoms. The molecule has 0 fully saturated rings. The Labute approximate surface area is 221 Å². The molecule has 1 atom stereocenters. The number of unbranched alkanes of at least 4 members (excludes halogenated alkanes) is 1. The fraction of sp³-hybridized carbons (Fsp3) is 0.444. The fourth-order valence-corrected chi connectivity index (χ4v) is 4.38. The van der Waals surface area contributed by atoms with E-state index in [1.807, 2.05) is 25.7 Å². The maximum absolute atomic E-state index is 13.1. The van der Waals surface area contributed by atoms with Crippen LogP contribution >= 0.6 is 0 Å². The van der Waals surface area contributed by atoms with Crippen molar-refractivity contribution in [3.05, 3.63) is 78.1 Å². The molecular formula is C27H40N2O7S. The number of hydrogen-bond acceptors (Lipinski definition) is 9. The van der Waals surface area contributed by atoms with Crippen LogP contribution in [0.2, 0.25) is 0 Å². The quantitative estimate of drug-likeness (QED) is 0.0307. The van der Waals surface area contributed by atoms with E-state index >= 15 is 0 Å². The number of ether oxygens (including phenoxy) is 1. The largest absolute Gasteiger partial charge is 0.462 e. The van der Waals surface area contributed by atoms with Gasteiger partial charge in [0.2, 0.25) is 9.84 Å². The van der Waals surface area contributed by atoms with E-state index in [0.717, 1.165) is 18.4 Å². The van der Waals surface area contributed by atoms with Gasteiger partial charge in [0.15, 0.2) is 11.1 Å². The first-order chi connectivity index (χ1) is 17.7. The molecule has 0 aromatic heterocycles. The summed E-state index contributed by atoms with van der Waals surface area (Å²) in [6, 6.07) is 7.76. The van der Waals surface area contributed by atoms with E-state index in [4.69, 9.17) is 19.3 Å². The Kier molecular flexibility index (Phi) is 15.2. The third-order valence-electron chi connectivity index (χ3n) is 4.91. The molecule has 1 rings (SSSR count). The van der Waals surface area contributed by atoms with Gasteiger partial charge in [-0.1, -0.05) is 31.4 Å². The summed E-state index contributed by atoms with van der Waals surface area (Å²) in [7, 11) is -4.07. The van der Waals surface area contributed by atoms with Crippen LogP contribution in [0.4, 0.5) is 0 Å². The van der Waals surface area contributed by atoms with Crippen LogP contribution in [0, 0.1) is 0 Å². The second kappa shape index (κ2) is 17.5. The summed E-state index contributed by atoms with van der Waals surface area (Å²) in [6.45, 7) is 16.6. The third kappa shape index (κ3) is 11.3. The van der Waals surface area contributed by atoms with Gasteiger partial charge in [-0.15, -0.1) is 0 Å². The van der Waals surface area contributed by atoms with Crippen molar-refractivity contribution < 1.29 is 32.6 Å². The lowest BCUT2D eigenvalue weighted by molar-refractivity contribution is -0.259. The summed E-state index contributed by atoms with van der Waals surface area (Å²) in [5, 5.41) is 0. The first-order valence-corrected chi connectivity index (χ1v) is 13.8. The van der Waals surface area contributed by atoms with Gasteiger partial charge >= 0.3 is 5.97 Å². The number of hydrogen-bond donors (Lipinski definition) is 1. The van der Waals surface area contributed by atoms with E-state index in [2.05, 4.69) is 18.6 Å². The Morgan fingerprint density at radius 2 is 1.81 bits per heavy atom. The lowest BCUT2D eigenvalue weighted by Gasteiger charge is -2.29. The highest BCUT2D eigenvalue weighted by atomic mass is 32.2. The molecule has 1 N–H and O–H groups in total. The van der Waals surface area contributed by atoms with E-state index in [1.165, 1.54) is 24.3 Å². The molecule has 0 saturated heterocycles. The van der Waals surface area contributed by atoms with Gasteiger partial charge in [0.1, 0.15) is 5.76 Å². The minimum atomic E-state index is -4.07. The van der Waals surface area contributed by atoms with Crippen molar-refractivity contribution in [3.8, 4) is 0 Å². The molecule has 0 heterocycles. The molecule has 0 saturated carbocycles. The van der Waals surface area contributed by atoms with E-state index in [9.17, 15) is 13.2 Å². The summed E-state index contributed by atoms with van der Waals surface area (Å²) in [6.07, 6.45) is 6.20. The van der Waals surface area contributed by atoms with Crippen LogP contribution in [-0.4, -0.2) is 51.8 Å². The summed E-state index contributed by atoms with van der Waals surface area (Å²) in [4.78, 5) is 29.5. The topological polar surface area (TPSA) is 103 Å². The predicted octanol–water partition coefficient (Wildman–Crippen LogP) is 4.82. The van der Waals surface area contributed by atoms with Crippen LogP contribution in [0.5, 0.6) is 0 Å². The number of nitrogens with zero attached hydrogens (tertiary/aromatic N) is 1. The number of carbonyl (C=O) groups excluding carboxylic acids is 1. The fourth-order valence-electron chi connectivity index (χ4n) is 3.08. The zero-order valence-corrected chi connectivity index (χ0v) is 23.1. The Bertz CT molecular complexity index is 1020. The standard InChI is InChI=1S/C27H40N2O7S/c1-7-29(26(22(4)5)35-28-20-14-13-16-23(6)36-34-9-3)21-15-19-25(27(30)33-8-2)37(31,32)24-17-11-10-12-18-24/h10-12,15,17-19,21,26,28H,4,6-9,13-14,16,20H2,1-3,5H3. The Morgan fingerprint density at radius 3 is 2.41 bits per heavy atom. The number of rotatable bonds is 19. The number of likely N-dealkylation sites (N-methyl/N-ethyl adjacent to an activating group) is 1. The third-order valence-corrected chi connectivity index (χ3v) is 6.68. The highest BCUT2D eigenvalue weighted by Gasteiger charge is 2.27. The van der Waals surface area contributed by atoms with Crippen LogP contribution in [0.25, 0.3) is 0 Å². The van der Waals surface area contributed by atoms with Crippen LogP contribution in [-0.2, 0) is 34.0 Å². The van der Waals surface area contributed by atoms with Crippen molar-refractivity contribution >= 4 is 15.8 Å². The van der Waals surface area contributed by atoms with Gasteiger partial charge in [0, 0.05) is 25.7 Å². The molecule has 0 aliphatic carbocycles. The van der Waals surface area contributed by atoms with Gasteiger partial charge in [-0.3, -0.25) is 4.84 Å². The van der Waals surface area contributed by atoms with Crippen LogP contribution in [0.3, 0.4) is 0 Å². The molecule has 0 aliphatic heterocycles. The first-order valence-electron chi connectivity index (χ1n) is 12.3. The van der Waals surface area contributed by atoms with Gasteiger partial charge in [-0.25, -0.2) is 13.2 Å². The first kappa shape index (κ1) is 32.1. The molecule has 1 aromatic carbocycles. The van der Waals surface area contributed by atoms with Crippen molar-refractivity contribution in [1.29, 1.82) is 0 Å². The predicted molar refractivity (Wildman–Crippen MR) is 143 cm³/mol. The van der Waals surface area contributed by atoms with E-state index < -0.39 is 26.9 Å². The van der Waals surface area contributed by atoms with Gasteiger partial charge in [0.25, 0.3) is 0 Å². The summed E-state index contributed by atoms with van der Waals surface area (Å²) < 4.78 is 31.1. The number of nitrogens with one attached hydrogen (secondary N) is 1. The van der Waals surface area contributed by atoms with Crippen LogP contribution in [0.15, 0.2) is 83.0 Å². The number of hydroxylamine groups is 1. The highest BCUT2D eigenvalue weighted by molar-refractivity contribution is 7.96. The maximum Gasteiger partial charge on any atom is 0.350 e. The lowest BCUT2D eigenvalue weighted by Crippen LogP contribution is -2.38. The van der Waals surface area contributed by atoms with Gasteiger partial charge < -0.3 is 14.5 Å². The van der Waals surface area contributed by atoms with Gasteiger partial charge in [0.05, 0.1) is 18.1 Å². The second-order valence-electron chi connectivity index (χ2n) is 7.94. The molecular weight excluding hydrogens is 496 g/mol. The van der Waals surface area contributed by atoms with E-state index in [1.54, 1.807) is 31.3 Å². The summed E-state index contributed by atoms with van der Waals surface area (Å²) in [5.41, 5.74) is 3.69. The Hall–Kier alpha value is -2.92. The molecule has 0 amide bonds. The molecule has 10 heteroatoms. The number of allylic oxidation sites excluding steroid dienone is 3. The van der Waals surface area contributed by atoms with E-state index in [0.29, 0.717) is 31.9 Å². The van der Waals surface area contributed by atoms with E-state index in [-0.39, 0.29) is 11.5 Å². The number of benzene rings is 1. The molecule has 9 nitrogen and oxygen atoms in total. The van der Waals surface area contributed by atoms with Crippen molar-refractivity contribution in [3.63, 3.8) is 0 Å². The summed E-state index contributed by atoms with van der Waals surface area (Å²) >= 11 is 0. The Morgan fingerprint density at radius 1 is 1.11 bits per heavy atom. The molecule has 1 unspecified atom stereocenters. The maximum atomic E-state index is 13.1. The zero-order chi connectivity index (χ0) is 27.7. The normalized spacial score (nSPS) is 12.8. The molecule has 37 heavy (non-hydrogen) atoms. The van der Waals surface area contributed by atoms with Crippen molar-refractivity contribution in [2.75, 3.05) is 26.3 Å². The molecule has 0 radical (unpaired) electrons. The molecule has 0 aliphatic rings. The molecule has 1 aromatic rings. The number of carbonyl (C=O) groups is 1. The SMILES string of the molecule is C=C(CCCCNOC(C(=C)C)N(C=CC=C(C(=O)OCC)S(=O)(=O)c1ccccc1)CC)OOCC. The van der Waals surface area contributed by atoms with Crippen LogP contribution < -0.4 is 5.48 Å². The van der Waals surface area contributed by atoms with Gasteiger partial charge in [-0.2, -0.15) is 10.4 Å². The van der Waals surface area contributed by atoms with Crippen molar-refractivity contribution in [1.82, 2.24) is 10.4 Å². The smallest absolute Gasteiger partial charge is 0.350 e. The Balaban J connectivity index is 2.87. The van der Waals surface area contributed by atoms with Crippen molar-refractivity contribution in [2.24, 2.45) is 0 Å². The van der Waals surface area contributed by atoms with Crippen LogP contribution in [0.1, 0.15) is 47.0 Å².